The van der Waals surface area contributed by atoms with Crippen LogP contribution >= 0.6 is 11.5 Å². The highest BCUT2D eigenvalue weighted by atomic mass is 32.1. The number of benzene rings is 1. The molecule has 0 unspecified atom stereocenters. The second kappa shape index (κ2) is 4.14. The van der Waals surface area contributed by atoms with E-state index in [-0.39, 0.29) is 11.4 Å². The first-order chi connectivity index (χ1) is 7.27. The average molecular weight is 223 g/mol. The molecular weight excluding hydrogens is 217 g/mol. The Labute approximate surface area is 88.9 Å². The normalized spacial score (nSPS) is 9.93. The number of nitrogens with zero attached hydrogens (tertiary/aromatic N) is 2. The molecule has 1 amide bonds. The lowest BCUT2D eigenvalue weighted by atomic mass is 10.3. The summed E-state index contributed by atoms with van der Waals surface area (Å²) in [5.41, 5.74) is 0.318. The van der Waals surface area contributed by atoms with Crippen LogP contribution in [0.4, 0.5) is 10.1 Å². The molecule has 0 aliphatic heterocycles. The summed E-state index contributed by atoms with van der Waals surface area (Å²) >= 11 is 1.07. The molecule has 1 heterocycles. The molecule has 1 N–H and O–H groups in total. The topological polar surface area (TPSA) is 54.9 Å². The number of carbonyl (C=O) groups is 1. The fourth-order valence-corrected chi connectivity index (χ4v) is 1.45. The van der Waals surface area contributed by atoms with Crippen molar-refractivity contribution in [1.29, 1.82) is 0 Å². The summed E-state index contributed by atoms with van der Waals surface area (Å²) in [6.07, 6.45) is 0. The fraction of sp³-hybridized carbons (Fsp3) is 0. The van der Waals surface area contributed by atoms with Gasteiger partial charge in [0, 0.05) is 5.38 Å². The van der Waals surface area contributed by atoms with Crippen LogP contribution in [0.1, 0.15) is 10.5 Å². The Kier molecular flexibility index (Phi) is 2.68. The third-order valence-corrected chi connectivity index (χ3v) is 2.22. The number of aromatic nitrogens is 2. The highest BCUT2D eigenvalue weighted by Gasteiger charge is 2.10. The van der Waals surface area contributed by atoms with Gasteiger partial charge in [0.05, 0.1) is 5.69 Å². The first kappa shape index (κ1) is 9.72. The van der Waals surface area contributed by atoms with Crippen LogP contribution in [0.3, 0.4) is 0 Å². The monoisotopic (exact) mass is 223 g/mol. The smallest absolute Gasteiger partial charge is 0.277 e. The van der Waals surface area contributed by atoms with Gasteiger partial charge in [-0.15, -0.1) is 5.10 Å². The Hall–Kier alpha value is -1.82. The lowest BCUT2D eigenvalue weighted by Crippen LogP contribution is -2.13. The number of anilines is 1. The van der Waals surface area contributed by atoms with Gasteiger partial charge >= 0.3 is 0 Å². The second-order valence-electron chi connectivity index (χ2n) is 2.72. The van der Waals surface area contributed by atoms with Gasteiger partial charge in [-0.2, -0.15) is 0 Å². The van der Waals surface area contributed by atoms with Crippen molar-refractivity contribution >= 4 is 23.1 Å². The van der Waals surface area contributed by atoms with Crippen molar-refractivity contribution in [2.24, 2.45) is 0 Å². The minimum atomic E-state index is -0.478. The molecule has 15 heavy (non-hydrogen) atoms. The predicted molar refractivity (Wildman–Crippen MR) is 54.3 cm³/mol. The van der Waals surface area contributed by atoms with Gasteiger partial charge in [0.1, 0.15) is 5.82 Å². The number of nitrogens with one attached hydrogen (secondary N) is 1. The first-order valence-corrected chi connectivity index (χ1v) is 4.94. The number of hydrogen-bond acceptors (Lipinski definition) is 4. The van der Waals surface area contributed by atoms with Crippen LogP contribution in [-0.2, 0) is 0 Å². The Morgan fingerprint density at radius 1 is 1.40 bits per heavy atom. The zero-order valence-corrected chi connectivity index (χ0v) is 8.29. The van der Waals surface area contributed by atoms with Crippen LogP contribution < -0.4 is 5.32 Å². The molecule has 1 aromatic heterocycles. The van der Waals surface area contributed by atoms with Crippen molar-refractivity contribution in [2.45, 2.75) is 0 Å². The van der Waals surface area contributed by atoms with Gasteiger partial charge in [0.25, 0.3) is 5.91 Å². The molecular formula is C9H6FN3OS. The summed E-state index contributed by atoms with van der Waals surface area (Å²) in [7, 11) is 0. The van der Waals surface area contributed by atoms with E-state index in [4.69, 9.17) is 0 Å². The lowest BCUT2D eigenvalue weighted by molar-refractivity contribution is 0.102. The van der Waals surface area contributed by atoms with E-state index in [0.29, 0.717) is 0 Å². The molecule has 1 aromatic carbocycles. The van der Waals surface area contributed by atoms with E-state index in [0.717, 1.165) is 11.5 Å². The molecule has 0 spiro atoms. The molecule has 2 rings (SSSR count). The van der Waals surface area contributed by atoms with E-state index in [1.165, 1.54) is 17.5 Å². The van der Waals surface area contributed by atoms with E-state index in [1.807, 2.05) is 0 Å². The number of hydrogen-bond donors (Lipinski definition) is 1. The van der Waals surface area contributed by atoms with Crippen molar-refractivity contribution in [3.8, 4) is 0 Å². The summed E-state index contributed by atoms with van der Waals surface area (Å²) < 4.78 is 16.7. The van der Waals surface area contributed by atoms with Gasteiger partial charge in [-0.05, 0) is 23.7 Å². The van der Waals surface area contributed by atoms with Crippen LogP contribution in [0.2, 0.25) is 0 Å². The van der Waals surface area contributed by atoms with Crippen LogP contribution in [-0.4, -0.2) is 15.5 Å². The molecule has 0 bridgehead atoms. The second-order valence-corrected chi connectivity index (χ2v) is 3.33. The molecule has 0 aliphatic carbocycles. The molecule has 76 valence electrons. The highest BCUT2D eigenvalue weighted by Crippen LogP contribution is 2.13. The zero-order valence-electron chi connectivity index (χ0n) is 7.48. The highest BCUT2D eigenvalue weighted by molar-refractivity contribution is 7.03. The maximum Gasteiger partial charge on any atom is 0.277 e. The van der Waals surface area contributed by atoms with Gasteiger partial charge in [-0.25, -0.2) is 4.39 Å². The summed E-state index contributed by atoms with van der Waals surface area (Å²) in [6, 6.07) is 5.94. The van der Waals surface area contributed by atoms with E-state index in [1.54, 1.807) is 12.1 Å². The van der Waals surface area contributed by atoms with Gasteiger partial charge < -0.3 is 5.32 Å². The maximum absolute atomic E-state index is 13.1. The van der Waals surface area contributed by atoms with Gasteiger partial charge in [-0.3, -0.25) is 4.79 Å². The van der Waals surface area contributed by atoms with Crippen LogP contribution in [0.25, 0.3) is 0 Å². The summed E-state index contributed by atoms with van der Waals surface area (Å²) in [5, 5.41) is 7.48. The molecule has 0 aliphatic rings. The first-order valence-electron chi connectivity index (χ1n) is 4.10. The Balaban J connectivity index is 2.17. The van der Waals surface area contributed by atoms with E-state index in [9.17, 15) is 9.18 Å². The third-order valence-electron chi connectivity index (χ3n) is 1.71. The van der Waals surface area contributed by atoms with Crippen molar-refractivity contribution in [1.82, 2.24) is 9.59 Å². The number of halogens is 1. The quantitative estimate of drug-likeness (QED) is 0.846. The van der Waals surface area contributed by atoms with E-state index >= 15 is 0 Å². The third kappa shape index (κ3) is 2.16. The van der Waals surface area contributed by atoms with Gasteiger partial charge in [-0.1, -0.05) is 16.6 Å². The largest absolute Gasteiger partial charge is 0.318 e. The molecule has 0 radical (unpaired) electrons. The van der Waals surface area contributed by atoms with Gasteiger partial charge in [0.2, 0.25) is 0 Å². The zero-order chi connectivity index (χ0) is 10.7. The van der Waals surface area contributed by atoms with Crippen LogP contribution in [0.15, 0.2) is 29.6 Å². The summed E-state index contributed by atoms with van der Waals surface area (Å²) in [4.78, 5) is 11.5. The van der Waals surface area contributed by atoms with Crippen molar-refractivity contribution in [3.05, 3.63) is 41.2 Å². The Bertz CT molecular complexity index is 472. The molecule has 4 nitrogen and oxygen atoms in total. The van der Waals surface area contributed by atoms with Crippen molar-refractivity contribution in [3.63, 3.8) is 0 Å². The van der Waals surface area contributed by atoms with Crippen molar-refractivity contribution in [2.75, 3.05) is 5.32 Å². The van der Waals surface area contributed by atoms with Crippen molar-refractivity contribution < 1.29 is 9.18 Å². The molecule has 6 heteroatoms. The van der Waals surface area contributed by atoms with Crippen LogP contribution in [0, 0.1) is 5.82 Å². The molecule has 2 aromatic rings. The van der Waals surface area contributed by atoms with Crippen LogP contribution in [0.5, 0.6) is 0 Å². The predicted octanol–water partition coefficient (Wildman–Crippen LogP) is 1.93. The summed E-state index contributed by atoms with van der Waals surface area (Å²) in [5.74, 6) is -0.942. The average Bonchev–Trinajstić information content (AvgIpc) is 2.74. The van der Waals surface area contributed by atoms with E-state index < -0.39 is 11.7 Å². The maximum atomic E-state index is 13.1. The fourth-order valence-electron chi connectivity index (χ4n) is 1.01. The Morgan fingerprint density at radius 3 is 2.87 bits per heavy atom. The number of para-hydroxylation sites is 1. The summed E-state index contributed by atoms with van der Waals surface area (Å²) in [6.45, 7) is 0. The Morgan fingerprint density at radius 2 is 2.20 bits per heavy atom. The molecule has 0 atom stereocenters. The molecule has 0 fully saturated rings. The van der Waals surface area contributed by atoms with E-state index in [2.05, 4.69) is 14.9 Å². The number of amides is 1. The number of rotatable bonds is 2. The molecule has 0 saturated heterocycles. The van der Waals surface area contributed by atoms with Gasteiger partial charge in [0.15, 0.2) is 5.69 Å². The SMILES string of the molecule is O=C(Nc1ccccc1F)c1csnn1. The lowest BCUT2D eigenvalue weighted by Gasteiger charge is -2.02. The minimum Gasteiger partial charge on any atom is -0.318 e. The molecule has 0 saturated carbocycles. The number of carbonyl (C=O) groups excluding carboxylic acids is 1. The minimum absolute atomic E-state index is 0.135. The standard InChI is InChI=1S/C9H6FN3OS/c10-6-3-1-2-4-7(6)11-9(14)8-5-15-13-12-8/h1-5H,(H,11,14).